The van der Waals surface area contributed by atoms with E-state index in [1.54, 1.807) is 13.8 Å². The quantitative estimate of drug-likeness (QED) is 0.269. The molecule has 0 radical (unpaired) electrons. The molecule has 4 unspecified atom stereocenters. The minimum Gasteiger partial charge on any atom is -0.480 e. The van der Waals surface area contributed by atoms with Crippen molar-refractivity contribution in [2.75, 3.05) is 6.54 Å². The number of carbonyl (C=O) groups excluding carboxylic acids is 3. The Bertz CT molecular complexity index is 480. The molecular formula is C14H26N4O6. The van der Waals surface area contributed by atoms with Gasteiger partial charge in [0, 0.05) is 0 Å². The first-order chi connectivity index (χ1) is 11.0. The van der Waals surface area contributed by atoms with Gasteiger partial charge in [0.2, 0.25) is 17.7 Å². The molecule has 0 saturated heterocycles. The van der Waals surface area contributed by atoms with Crippen LogP contribution in [0.5, 0.6) is 0 Å². The van der Waals surface area contributed by atoms with Crippen molar-refractivity contribution in [3.05, 3.63) is 0 Å². The molecule has 7 N–H and O–H groups in total. The first kappa shape index (κ1) is 21.8. The van der Waals surface area contributed by atoms with Gasteiger partial charge in [0.1, 0.15) is 24.7 Å². The minimum absolute atomic E-state index is 0.301. The number of hydrogen-bond donors (Lipinski definition) is 6. The predicted octanol–water partition coefficient (Wildman–Crippen LogP) is -2.46. The number of aliphatic carboxylic acids is 1. The van der Waals surface area contributed by atoms with Crippen LogP contribution < -0.4 is 21.7 Å². The Morgan fingerprint density at radius 3 is 1.92 bits per heavy atom. The maximum Gasteiger partial charge on any atom is 0.322 e. The standard InChI is InChI=1S/C14H26N4O6/c1-6(2)11(14(24)16-5-9(20)21)18-12(22)7(3)17-13(23)10(15)8(4)19/h6-8,10-11,19H,5,15H2,1-4H3,(H,16,24)(H,17,23)(H,18,22)(H,20,21). The summed E-state index contributed by atoms with van der Waals surface area (Å²) in [6.07, 6.45) is -1.08. The number of carbonyl (C=O) groups is 4. The van der Waals surface area contributed by atoms with Crippen molar-refractivity contribution < 1.29 is 29.4 Å². The molecule has 0 aliphatic carbocycles. The first-order valence-electron chi connectivity index (χ1n) is 7.51. The number of amides is 3. The molecule has 0 aromatic carbocycles. The average molecular weight is 346 g/mol. The van der Waals surface area contributed by atoms with Gasteiger partial charge in [0.25, 0.3) is 0 Å². The summed E-state index contributed by atoms with van der Waals surface area (Å²) in [6.45, 7) is 5.54. The number of nitrogens with one attached hydrogen (secondary N) is 3. The highest BCUT2D eigenvalue weighted by atomic mass is 16.4. The Labute approximate surface area is 140 Å². The fraction of sp³-hybridized carbons (Fsp3) is 0.714. The van der Waals surface area contributed by atoms with Crippen molar-refractivity contribution in [1.82, 2.24) is 16.0 Å². The van der Waals surface area contributed by atoms with E-state index in [9.17, 15) is 24.3 Å². The van der Waals surface area contributed by atoms with Gasteiger partial charge in [-0.15, -0.1) is 0 Å². The molecule has 138 valence electrons. The van der Waals surface area contributed by atoms with Crippen LogP contribution in [0.4, 0.5) is 0 Å². The third-order valence-corrected chi connectivity index (χ3v) is 3.24. The molecule has 10 heteroatoms. The monoisotopic (exact) mass is 346 g/mol. The van der Waals surface area contributed by atoms with E-state index in [4.69, 9.17) is 10.8 Å². The van der Waals surface area contributed by atoms with Crippen LogP contribution in [0, 0.1) is 5.92 Å². The summed E-state index contributed by atoms with van der Waals surface area (Å²) in [5.74, 6) is -3.48. The van der Waals surface area contributed by atoms with Crippen LogP contribution in [0.1, 0.15) is 27.7 Å². The maximum absolute atomic E-state index is 12.1. The van der Waals surface area contributed by atoms with Gasteiger partial charge < -0.3 is 31.9 Å². The fourth-order valence-corrected chi connectivity index (χ4v) is 1.68. The number of carboxylic acids is 1. The Morgan fingerprint density at radius 1 is 0.958 bits per heavy atom. The van der Waals surface area contributed by atoms with Gasteiger partial charge in [-0.1, -0.05) is 13.8 Å². The van der Waals surface area contributed by atoms with E-state index >= 15 is 0 Å². The SMILES string of the molecule is CC(NC(=O)C(N)C(C)O)C(=O)NC(C(=O)NCC(=O)O)C(C)C. The van der Waals surface area contributed by atoms with E-state index in [1.165, 1.54) is 13.8 Å². The zero-order valence-electron chi connectivity index (χ0n) is 14.2. The lowest BCUT2D eigenvalue weighted by molar-refractivity contribution is -0.139. The highest BCUT2D eigenvalue weighted by Gasteiger charge is 2.28. The predicted molar refractivity (Wildman–Crippen MR) is 84.7 cm³/mol. The Kier molecular flexibility index (Phi) is 8.93. The van der Waals surface area contributed by atoms with E-state index in [2.05, 4.69) is 16.0 Å². The lowest BCUT2D eigenvalue weighted by atomic mass is 10.0. The molecule has 4 atom stereocenters. The van der Waals surface area contributed by atoms with Crippen LogP contribution in [0.15, 0.2) is 0 Å². The topological polar surface area (TPSA) is 171 Å². The zero-order valence-corrected chi connectivity index (χ0v) is 14.2. The normalized spacial score (nSPS) is 15.8. The number of aliphatic hydroxyl groups excluding tert-OH is 1. The van der Waals surface area contributed by atoms with Crippen LogP contribution in [0.25, 0.3) is 0 Å². The van der Waals surface area contributed by atoms with Crippen molar-refractivity contribution in [3.63, 3.8) is 0 Å². The third-order valence-electron chi connectivity index (χ3n) is 3.24. The summed E-state index contributed by atoms with van der Waals surface area (Å²) in [5, 5.41) is 24.8. The molecule has 0 bridgehead atoms. The fourth-order valence-electron chi connectivity index (χ4n) is 1.68. The average Bonchev–Trinajstić information content (AvgIpc) is 2.48. The molecule has 10 nitrogen and oxygen atoms in total. The summed E-state index contributed by atoms with van der Waals surface area (Å²) in [4.78, 5) is 46.2. The summed E-state index contributed by atoms with van der Waals surface area (Å²) < 4.78 is 0. The number of carboxylic acid groups (broad SMARTS) is 1. The van der Waals surface area contributed by atoms with Crippen LogP contribution in [-0.4, -0.2) is 64.7 Å². The first-order valence-corrected chi connectivity index (χ1v) is 7.51. The number of nitrogens with two attached hydrogens (primary N) is 1. The number of rotatable bonds is 9. The van der Waals surface area contributed by atoms with Crippen molar-refractivity contribution in [2.24, 2.45) is 11.7 Å². The largest absolute Gasteiger partial charge is 0.480 e. The molecule has 3 amide bonds. The van der Waals surface area contributed by atoms with Gasteiger partial charge in [0.15, 0.2) is 0 Å². The third kappa shape index (κ3) is 7.38. The summed E-state index contributed by atoms with van der Waals surface area (Å²) in [7, 11) is 0. The second-order valence-electron chi connectivity index (χ2n) is 5.84. The Balaban J connectivity index is 4.74. The second kappa shape index (κ2) is 9.83. The molecule has 0 fully saturated rings. The van der Waals surface area contributed by atoms with Gasteiger partial charge in [-0.05, 0) is 19.8 Å². The summed E-state index contributed by atoms with van der Waals surface area (Å²) >= 11 is 0. The van der Waals surface area contributed by atoms with Crippen LogP contribution in [0.2, 0.25) is 0 Å². The van der Waals surface area contributed by atoms with Gasteiger partial charge in [-0.2, -0.15) is 0 Å². The molecule has 0 aliphatic rings. The highest BCUT2D eigenvalue weighted by molar-refractivity contribution is 5.93. The molecule has 0 rings (SSSR count). The van der Waals surface area contributed by atoms with Crippen molar-refractivity contribution >= 4 is 23.7 Å². The molecule has 0 spiro atoms. The summed E-state index contributed by atoms with van der Waals surface area (Å²) in [6, 6.07) is -3.13. The molecule has 24 heavy (non-hydrogen) atoms. The van der Waals surface area contributed by atoms with Gasteiger partial charge in [-0.25, -0.2) is 0 Å². The van der Waals surface area contributed by atoms with E-state index < -0.39 is 54.5 Å². The maximum atomic E-state index is 12.1. The van der Waals surface area contributed by atoms with Crippen molar-refractivity contribution in [3.8, 4) is 0 Å². The van der Waals surface area contributed by atoms with Crippen molar-refractivity contribution in [2.45, 2.75) is 51.9 Å². The van der Waals surface area contributed by atoms with E-state index in [0.717, 1.165) is 0 Å². The van der Waals surface area contributed by atoms with Gasteiger partial charge >= 0.3 is 5.97 Å². The molecule has 0 heterocycles. The molecule has 0 aliphatic heterocycles. The number of hydrogen-bond acceptors (Lipinski definition) is 6. The zero-order chi connectivity index (χ0) is 19.0. The van der Waals surface area contributed by atoms with Crippen LogP contribution in [-0.2, 0) is 19.2 Å². The summed E-state index contributed by atoms with van der Waals surface area (Å²) in [5.41, 5.74) is 5.46. The highest BCUT2D eigenvalue weighted by Crippen LogP contribution is 2.02. The molecule has 0 saturated carbocycles. The van der Waals surface area contributed by atoms with E-state index in [-0.39, 0.29) is 5.92 Å². The molecule has 0 aromatic heterocycles. The van der Waals surface area contributed by atoms with E-state index in [0.29, 0.717) is 0 Å². The smallest absolute Gasteiger partial charge is 0.322 e. The number of aliphatic hydroxyl groups is 1. The Hall–Kier alpha value is -2.20. The molecule has 0 aromatic rings. The second-order valence-corrected chi connectivity index (χ2v) is 5.84. The molecular weight excluding hydrogens is 320 g/mol. The van der Waals surface area contributed by atoms with Crippen LogP contribution in [0.3, 0.4) is 0 Å². The lowest BCUT2D eigenvalue weighted by Crippen LogP contribution is -2.57. The van der Waals surface area contributed by atoms with Gasteiger partial charge in [0.05, 0.1) is 6.10 Å². The van der Waals surface area contributed by atoms with E-state index in [1.807, 2.05) is 0 Å². The van der Waals surface area contributed by atoms with Gasteiger partial charge in [-0.3, -0.25) is 19.2 Å². The lowest BCUT2D eigenvalue weighted by Gasteiger charge is -2.24. The van der Waals surface area contributed by atoms with Crippen LogP contribution >= 0.6 is 0 Å². The van der Waals surface area contributed by atoms with Crippen molar-refractivity contribution in [1.29, 1.82) is 0 Å². The Morgan fingerprint density at radius 2 is 1.50 bits per heavy atom. The minimum atomic E-state index is -1.20.